The van der Waals surface area contributed by atoms with Crippen LogP contribution in [0.1, 0.15) is 46.0 Å². The molecule has 1 saturated heterocycles. The van der Waals surface area contributed by atoms with Gasteiger partial charge in [-0.25, -0.2) is 9.69 Å². The molecule has 1 rings (SSSR count). The summed E-state index contributed by atoms with van der Waals surface area (Å²) in [6, 6.07) is 0.927. The van der Waals surface area contributed by atoms with E-state index in [9.17, 15) is 9.59 Å². The third-order valence-corrected chi connectivity index (χ3v) is 6.41. The summed E-state index contributed by atoms with van der Waals surface area (Å²) in [4.78, 5) is 26.5. The summed E-state index contributed by atoms with van der Waals surface area (Å²) in [5, 5.41) is 0. The average molecular weight is 366 g/mol. The average Bonchev–Trinajstić information content (AvgIpc) is 2.52. The molecule has 0 aromatic rings. The Morgan fingerprint density at radius 2 is 2.04 bits per heavy atom. The third-order valence-electron chi connectivity index (χ3n) is 4.71. The van der Waals surface area contributed by atoms with Crippen molar-refractivity contribution in [1.82, 2.24) is 4.90 Å². The molecule has 0 aliphatic carbocycles. The fraction of sp³-hybridized carbons (Fsp3) is 0.700. The van der Waals surface area contributed by atoms with Crippen molar-refractivity contribution < 1.29 is 14.3 Å². The lowest BCUT2D eigenvalue weighted by molar-refractivity contribution is -0.143. The third kappa shape index (κ3) is 7.59. The fourth-order valence-electron chi connectivity index (χ4n) is 2.99. The predicted molar refractivity (Wildman–Crippen MR) is 106 cm³/mol. The molecular weight excluding hydrogens is 330 g/mol. The van der Waals surface area contributed by atoms with Crippen LogP contribution in [0.4, 0.5) is 4.79 Å². The van der Waals surface area contributed by atoms with E-state index in [1.54, 1.807) is 0 Å². The van der Waals surface area contributed by atoms with E-state index in [-0.39, 0.29) is 5.91 Å². The molecule has 0 spiro atoms. The number of unbranched alkanes of at least 4 members (excludes halogenated alkanes) is 1. The Morgan fingerprint density at radius 1 is 1.32 bits per heavy atom. The molecule has 2 amide bonds. The second-order valence-electron chi connectivity index (χ2n) is 8.39. The van der Waals surface area contributed by atoms with Gasteiger partial charge in [-0.2, -0.15) is 0 Å². The first-order valence-electron chi connectivity index (χ1n) is 9.46. The van der Waals surface area contributed by atoms with Crippen LogP contribution in [0.5, 0.6) is 0 Å². The number of allylic oxidation sites excluding steroid dienone is 4. The summed E-state index contributed by atoms with van der Waals surface area (Å²) >= 11 is 0. The smallest absolute Gasteiger partial charge is 0.416 e. The molecule has 0 radical (unpaired) electrons. The molecule has 0 aromatic carbocycles. The van der Waals surface area contributed by atoms with Gasteiger partial charge in [0.15, 0.2) is 0 Å². The summed E-state index contributed by atoms with van der Waals surface area (Å²) in [6.07, 6.45) is 12.1. The molecule has 0 saturated carbocycles. The highest BCUT2D eigenvalue weighted by Gasteiger charge is 2.42. The van der Waals surface area contributed by atoms with Gasteiger partial charge in [0, 0.05) is 20.0 Å². The molecule has 0 aromatic heterocycles. The van der Waals surface area contributed by atoms with E-state index in [0.29, 0.717) is 13.2 Å². The van der Waals surface area contributed by atoms with Crippen molar-refractivity contribution in [2.75, 3.05) is 13.2 Å². The minimum Gasteiger partial charge on any atom is -0.449 e. The molecule has 1 aliphatic heterocycles. The van der Waals surface area contributed by atoms with Crippen molar-refractivity contribution >= 4 is 20.1 Å². The molecule has 142 valence electrons. The molecule has 1 atom stereocenters. The largest absolute Gasteiger partial charge is 0.449 e. The van der Waals surface area contributed by atoms with E-state index in [2.05, 4.69) is 25.7 Å². The second-order valence-corrected chi connectivity index (χ2v) is 14.0. The topological polar surface area (TPSA) is 46.6 Å². The number of imide groups is 1. The van der Waals surface area contributed by atoms with Crippen LogP contribution in [0, 0.1) is 5.41 Å². The quantitative estimate of drug-likeness (QED) is 0.329. The zero-order chi connectivity index (χ0) is 18.9. The van der Waals surface area contributed by atoms with Crippen molar-refractivity contribution in [3.63, 3.8) is 0 Å². The van der Waals surface area contributed by atoms with Crippen LogP contribution in [-0.4, -0.2) is 38.1 Å². The van der Waals surface area contributed by atoms with Gasteiger partial charge < -0.3 is 4.74 Å². The van der Waals surface area contributed by atoms with E-state index in [1.165, 1.54) is 4.90 Å². The standard InChI is InChI=1S/C20H35NO3Si/c1-6-7-8-9-10-11-13-20(2)14-12-15-21(18(20)22)19(23)24-16-17-25(3,4)5/h6-9H,10-17H2,1-5H3/b7-6+,9-8+. The summed E-state index contributed by atoms with van der Waals surface area (Å²) in [5.41, 5.74) is -0.440. The van der Waals surface area contributed by atoms with Gasteiger partial charge in [-0.1, -0.05) is 50.9 Å². The Bertz CT molecular complexity index is 508. The van der Waals surface area contributed by atoms with Crippen molar-refractivity contribution in [3.8, 4) is 0 Å². The molecule has 25 heavy (non-hydrogen) atoms. The Morgan fingerprint density at radius 3 is 2.68 bits per heavy atom. The molecule has 1 aliphatic rings. The number of carbonyl (C=O) groups is 2. The molecule has 1 heterocycles. The fourth-order valence-corrected chi connectivity index (χ4v) is 3.70. The van der Waals surface area contributed by atoms with Gasteiger partial charge in [-0.3, -0.25) is 4.79 Å². The Hall–Kier alpha value is -1.36. The summed E-state index contributed by atoms with van der Waals surface area (Å²) in [7, 11) is -1.24. The van der Waals surface area contributed by atoms with Crippen LogP contribution in [0.2, 0.25) is 25.7 Å². The number of ether oxygens (including phenoxy) is 1. The summed E-state index contributed by atoms with van der Waals surface area (Å²) < 4.78 is 5.37. The Balaban J connectivity index is 2.52. The number of hydrogen-bond acceptors (Lipinski definition) is 3. The van der Waals surface area contributed by atoms with Crippen molar-refractivity contribution in [1.29, 1.82) is 0 Å². The van der Waals surface area contributed by atoms with Crippen LogP contribution >= 0.6 is 0 Å². The molecule has 1 unspecified atom stereocenters. The first-order chi connectivity index (χ1) is 11.7. The first kappa shape index (κ1) is 21.7. The van der Waals surface area contributed by atoms with E-state index in [1.807, 2.05) is 32.1 Å². The first-order valence-corrected chi connectivity index (χ1v) is 13.2. The number of nitrogens with zero attached hydrogens (tertiary/aromatic N) is 1. The van der Waals surface area contributed by atoms with Crippen LogP contribution in [0.25, 0.3) is 0 Å². The SMILES string of the molecule is C/C=C/C=C/CCCC1(C)CCCN(C(=O)OCC[Si](C)(C)C)C1=O. The molecule has 4 nitrogen and oxygen atoms in total. The maximum absolute atomic E-state index is 12.8. The maximum atomic E-state index is 12.8. The van der Waals surface area contributed by atoms with E-state index in [4.69, 9.17) is 4.74 Å². The lowest BCUT2D eigenvalue weighted by atomic mass is 9.77. The van der Waals surface area contributed by atoms with Crippen LogP contribution in [-0.2, 0) is 9.53 Å². The normalized spacial score (nSPS) is 22.1. The van der Waals surface area contributed by atoms with Gasteiger partial charge in [-0.15, -0.1) is 0 Å². The number of amides is 2. The zero-order valence-corrected chi connectivity index (χ0v) is 17.6. The molecular formula is C20H35NO3Si. The lowest BCUT2D eigenvalue weighted by Crippen LogP contribution is -2.50. The van der Waals surface area contributed by atoms with Crippen molar-refractivity contribution in [2.45, 2.75) is 71.6 Å². The number of rotatable bonds is 8. The van der Waals surface area contributed by atoms with Crippen LogP contribution in [0.15, 0.2) is 24.3 Å². The number of hydrogen-bond donors (Lipinski definition) is 0. The molecule has 0 bridgehead atoms. The minimum absolute atomic E-state index is 0.0609. The summed E-state index contributed by atoms with van der Waals surface area (Å²) in [6.45, 7) is 11.6. The summed E-state index contributed by atoms with van der Waals surface area (Å²) in [5.74, 6) is -0.0609. The molecule has 1 fully saturated rings. The van der Waals surface area contributed by atoms with Crippen molar-refractivity contribution in [2.24, 2.45) is 5.41 Å². The zero-order valence-electron chi connectivity index (χ0n) is 16.6. The van der Waals surface area contributed by atoms with E-state index in [0.717, 1.165) is 38.1 Å². The monoisotopic (exact) mass is 365 g/mol. The van der Waals surface area contributed by atoms with Gasteiger partial charge in [0.05, 0.1) is 6.61 Å². The van der Waals surface area contributed by atoms with Gasteiger partial charge >= 0.3 is 6.09 Å². The maximum Gasteiger partial charge on any atom is 0.416 e. The number of piperidine rings is 1. The minimum atomic E-state index is -1.24. The number of carbonyl (C=O) groups excluding carboxylic acids is 2. The van der Waals surface area contributed by atoms with Gasteiger partial charge in [-0.05, 0) is 45.1 Å². The Kier molecular flexibility index (Phi) is 8.63. The highest BCUT2D eigenvalue weighted by molar-refractivity contribution is 6.76. The Labute approximate surface area is 154 Å². The molecule has 5 heteroatoms. The van der Waals surface area contributed by atoms with E-state index >= 15 is 0 Å². The van der Waals surface area contributed by atoms with E-state index < -0.39 is 19.6 Å². The van der Waals surface area contributed by atoms with Gasteiger partial charge in [0.25, 0.3) is 0 Å². The predicted octanol–water partition coefficient (Wildman–Crippen LogP) is 5.39. The molecule has 0 N–H and O–H groups in total. The number of likely N-dealkylation sites (tertiary alicyclic amines) is 1. The highest BCUT2D eigenvalue weighted by atomic mass is 28.3. The lowest BCUT2D eigenvalue weighted by Gasteiger charge is -2.37. The van der Waals surface area contributed by atoms with Crippen LogP contribution < -0.4 is 0 Å². The second kappa shape index (κ2) is 9.95. The van der Waals surface area contributed by atoms with Crippen LogP contribution in [0.3, 0.4) is 0 Å². The highest BCUT2D eigenvalue weighted by Crippen LogP contribution is 2.36. The van der Waals surface area contributed by atoms with Gasteiger partial charge in [0.2, 0.25) is 5.91 Å². The van der Waals surface area contributed by atoms with Gasteiger partial charge in [0.1, 0.15) is 0 Å². The van der Waals surface area contributed by atoms with Crippen molar-refractivity contribution in [3.05, 3.63) is 24.3 Å².